The Kier molecular flexibility index (Phi) is 4.41. The van der Waals surface area contributed by atoms with Gasteiger partial charge in [-0.1, -0.05) is 4.98 Å². The summed E-state index contributed by atoms with van der Waals surface area (Å²) in [6, 6.07) is 1.10. The summed E-state index contributed by atoms with van der Waals surface area (Å²) >= 11 is 0. The van der Waals surface area contributed by atoms with E-state index in [1.807, 2.05) is 0 Å². The smallest absolute Gasteiger partial charge is 0.390 e. The molecule has 1 aromatic carbocycles. The van der Waals surface area contributed by atoms with Crippen molar-refractivity contribution in [2.24, 2.45) is 14.1 Å². The van der Waals surface area contributed by atoms with E-state index in [1.165, 1.54) is 21.0 Å². The molecular formula is C16H13F2N5O5. The van der Waals surface area contributed by atoms with E-state index < -0.39 is 45.6 Å². The molecule has 0 amide bonds. The monoisotopic (exact) mass is 393 g/mol. The van der Waals surface area contributed by atoms with Crippen LogP contribution in [0.2, 0.25) is 0 Å². The zero-order valence-corrected chi connectivity index (χ0v) is 14.8. The third-order valence-electron chi connectivity index (χ3n) is 4.40. The van der Waals surface area contributed by atoms with E-state index in [9.17, 15) is 33.3 Å². The van der Waals surface area contributed by atoms with E-state index in [4.69, 9.17) is 0 Å². The molecule has 2 aromatic heterocycles. The Morgan fingerprint density at radius 1 is 1.18 bits per heavy atom. The van der Waals surface area contributed by atoms with Crippen molar-refractivity contribution in [3.8, 4) is 0 Å². The van der Waals surface area contributed by atoms with Gasteiger partial charge < -0.3 is 10.1 Å². The highest BCUT2D eigenvalue weighted by atomic mass is 19.2. The highest BCUT2D eigenvalue weighted by molar-refractivity contribution is 5.99. The van der Waals surface area contributed by atoms with Crippen LogP contribution in [0, 0.1) is 21.7 Å². The fraction of sp³-hybridized carbons (Fsp3) is 0.250. The normalized spacial score (nSPS) is 12.3. The Labute approximate surface area is 154 Å². The number of fused-ring (bicyclic) bond motifs is 1. The van der Waals surface area contributed by atoms with Gasteiger partial charge in [-0.05, 0) is 30.0 Å². The lowest BCUT2D eigenvalue weighted by Crippen LogP contribution is -2.37. The maximum absolute atomic E-state index is 13.5. The van der Waals surface area contributed by atoms with Crippen LogP contribution in [0.5, 0.6) is 0 Å². The first-order chi connectivity index (χ1) is 13.1. The summed E-state index contributed by atoms with van der Waals surface area (Å²) in [5.74, 6) is -4.05. The number of hydrogen-bond donors (Lipinski definition) is 0. The van der Waals surface area contributed by atoms with E-state index in [-0.39, 0.29) is 16.7 Å². The Balaban J connectivity index is 2.32. The summed E-state index contributed by atoms with van der Waals surface area (Å²) in [7, 11) is 2.45. The number of ketones is 1. The quantitative estimate of drug-likeness (QED) is 0.371. The molecule has 2 heterocycles. The van der Waals surface area contributed by atoms with Crippen molar-refractivity contribution in [1.29, 1.82) is 0 Å². The number of benzene rings is 1. The molecule has 0 aliphatic rings. The molecule has 0 spiro atoms. The standard InChI is InChI=1S/C16H13F2N5O5/c1-7(12(24)8-4-5-9(17)10(18)6-8)22-13-11(19-15(22)23(27)28)14(25)21(3)16(26)20(13)2/h4-7H,1-3H3/t7-/m0/s1. The molecule has 10 nitrogen and oxygen atoms in total. The highest BCUT2D eigenvalue weighted by Crippen LogP contribution is 2.26. The largest absolute Gasteiger partial charge is 0.437 e. The summed E-state index contributed by atoms with van der Waals surface area (Å²) in [6.45, 7) is 1.26. The van der Waals surface area contributed by atoms with Gasteiger partial charge in [-0.3, -0.25) is 18.7 Å². The van der Waals surface area contributed by atoms with Crippen LogP contribution in [-0.2, 0) is 14.1 Å². The third kappa shape index (κ3) is 2.69. The first-order valence-corrected chi connectivity index (χ1v) is 7.87. The van der Waals surface area contributed by atoms with E-state index in [0.717, 1.165) is 25.8 Å². The van der Waals surface area contributed by atoms with Crippen LogP contribution in [0.3, 0.4) is 0 Å². The molecule has 0 bridgehead atoms. The molecule has 0 aliphatic carbocycles. The van der Waals surface area contributed by atoms with Gasteiger partial charge in [0, 0.05) is 19.7 Å². The Morgan fingerprint density at radius 2 is 1.82 bits per heavy atom. The number of aryl methyl sites for hydroxylation is 1. The molecule has 3 aromatic rings. The Morgan fingerprint density at radius 3 is 2.39 bits per heavy atom. The van der Waals surface area contributed by atoms with Crippen LogP contribution in [0.1, 0.15) is 23.3 Å². The molecule has 12 heteroatoms. The fourth-order valence-electron chi connectivity index (χ4n) is 2.93. The molecule has 0 aliphatic heterocycles. The molecule has 0 saturated carbocycles. The van der Waals surface area contributed by atoms with Gasteiger partial charge in [-0.15, -0.1) is 0 Å². The second-order valence-corrected chi connectivity index (χ2v) is 6.09. The lowest BCUT2D eigenvalue weighted by molar-refractivity contribution is -0.396. The molecule has 0 N–H and O–H groups in total. The van der Waals surface area contributed by atoms with E-state index in [2.05, 4.69) is 4.98 Å². The summed E-state index contributed by atoms with van der Waals surface area (Å²) in [5, 5.41) is 11.5. The number of nitro groups is 1. The van der Waals surface area contributed by atoms with Crippen molar-refractivity contribution in [3.05, 3.63) is 66.3 Å². The van der Waals surface area contributed by atoms with Crippen molar-refractivity contribution in [1.82, 2.24) is 18.7 Å². The maximum atomic E-state index is 13.5. The van der Waals surface area contributed by atoms with Crippen LogP contribution >= 0.6 is 0 Å². The van der Waals surface area contributed by atoms with Crippen LogP contribution in [0.15, 0.2) is 27.8 Å². The van der Waals surface area contributed by atoms with Gasteiger partial charge in [0.2, 0.25) is 5.65 Å². The van der Waals surface area contributed by atoms with Crippen LogP contribution in [-0.4, -0.2) is 29.4 Å². The topological polar surface area (TPSA) is 122 Å². The van der Waals surface area contributed by atoms with Crippen molar-refractivity contribution in [2.45, 2.75) is 13.0 Å². The zero-order valence-electron chi connectivity index (χ0n) is 14.8. The number of nitrogens with zero attached hydrogens (tertiary/aromatic N) is 5. The third-order valence-corrected chi connectivity index (χ3v) is 4.40. The minimum absolute atomic E-state index is 0.233. The minimum Gasteiger partial charge on any atom is -0.390 e. The van der Waals surface area contributed by atoms with E-state index in [0.29, 0.717) is 6.07 Å². The molecule has 3 rings (SSSR count). The van der Waals surface area contributed by atoms with Gasteiger partial charge >= 0.3 is 17.2 Å². The maximum Gasteiger partial charge on any atom is 0.437 e. The van der Waals surface area contributed by atoms with Crippen molar-refractivity contribution < 1.29 is 18.5 Å². The Hall–Kier alpha value is -3.70. The lowest BCUT2D eigenvalue weighted by Gasteiger charge is -2.12. The number of carbonyl (C=O) groups excluding carboxylic acids is 1. The van der Waals surface area contributed by atoms with Crippen LogP contribution < -0.4 is 11.2 Å². The summed E-state index contributed by atoms with van der Waals surface area (Å²) in [5.41, 5.74) is -2.49. The Bertz CT molecular complexity index is 1270. The highest BCUT2D eigenvalue weighted by Gasteiger charge is 2.34. The summed E-state index contributed by atoms with van der Waals surface area (Å²) < 4.78 is 29.1. The van der Waals surface area contributed by atoms with Gasteiger partial charge in [-0.25, -0.2) is 13.6 Å². The zero-order chi connectivity index (χ0) is 20.9. The first kappa shape index (κ1) is 19.1. The lowest BCUT2D eigenvalue weighted by atomic mass is 10.0. The van der Waals surface area contributed by atoms with E-state index in [1.54, 1.807) is 0 Å². The summed E-state index contributed by atoms with van der Waals surface area (Å²) in [6.07, 6.45) is 0. The van der Waals surface area contributed by atoms with Gasteiger partial charge in [0.1, 0.15) is 6.04 Å². The van der Waals surface area contributed by atoms with Crippen molar-refractivity contribution in [3.63, 3.8) is 0 Å². The van der Waals surface area contributed by atoms with E-state index >= 15 is 0 Å². The average molecular weight is 393 g/mol. The van der Waals surface area contributed by atoms with Crippen molar-refractivity contribution >= 4 is 22.9 Å². The number of rotatable bonds is 4. The molecule has 0 saturated heterocycles. The number of halogens is 2. The summed E-state index contributed by atoms with van der Waals surface area (Å²) in [4.78, 5) is 51.5. The second-order valence-electron chi connectivity index (χ2n) is 6.09. The number of aromatic nitrogens is 4. The molecule has 1 atom stereocenters. The van der Waals surface area contributed by atoms with Gasteiger partial charge in [0.25, 0.3) is 5.52 Å². The SMILES string of the molecule is C[C@@H](C(=O)c1ccc(F)c(F)c1)n1c([N+](=O)[O-])nc2c(=O)n(C)c(=O)n(C)c21. The van der Waals surface area contributed by atoms with Crippen LogP contribution in [0.25, 0.3) is 11.2 Å². The number of imidazole rings is 1. The van der Waals surface area contributed by atoms with Crippen molar-refractivity contribution in [2.75, 3.05) is 0 Å². The minimum atomic E-state index is -1.34. The van der Waals surface area contributed by atoms with Gasteiger partial charge in [-0.2, -0.15) is 4.57 Å². The number of carbonyl (C=O) groups is 1. The molecule has 146 valence electrons. The molecule has 0 fully saturated rings. The first-order valence-electron chi connectivity index (χ1n) is 7.87. The fourth-order valence-corrected chi connectivity index (χ4v) is 2.93. The molecular weight excluding hydrogens is 380 g/mol. The number of hydrogen-bond acceptors (Lipinski definition) is 6. The number of Topliss-reactive ketones (excluding diaryl/α,β-unsaturated/α-hetero) is 1. The molecule has 0 radical (unpaired) electrons. The predicted molar refractivity (Wildman–Crippen MR) is 92.3 cm³/mol. The van der Waals surface area contributed by atoms with Gasteiger partial charge in [0.05, 0.1) is 0 Å². The second kappa shape index (κ2) is 6.48. The van der Waals surface area contributed by atoms with Gasteiger partial charge in [0.15, 0.2) is 17.4 Å². The van der Waals surface area contributed by atoms with Crippen LogP contribution in [0.4, 0.5) is 14.7 Å². The average Bonchev–Trinajstić information content (AvgIpc) is 3.06. The predicted octanol–water partition coefficient (Wildman–Crippen LogP) is 1.06. The molecule has 0 unspecified atom stereocenters. The molecule has 28 heavy (non-hydrogen) atoms.